The summed E-state index contributed by atoms with van der Waals surface area (Å²) < 4.78 is 64.5. The molecule has 2 aliphatic carbocycles. The average Bonchev–Trinajstić information content (AvgIpc) is 3.18. The molecule has 1 saturated carbocycles. The number of rotatable bonds is 4. The lowest BCUT2D eigenvalue weighted by atomic mass is 9.91. The Morgan fingerprint density at radius 1 is 1.21 bits per heavy atom. The molecular weight excluding hydrogens is 453 g/mol. The lowest BCUT2D eigenvalue weighted by Gasteiger charge is -2.38. The first-order chi connectivity index (χ1) is 15.6. The zero-order chi connectivity index (χ0) is 23.2. The molecule has 4 aliphatic rings. The van der Waals surface area contributed by atoms with Crippen molar-refractivity contribution in [1.82, 2.24) is 19.7 Å². The maximum Gasteiger partial charge on any atom is 0.417 e. The van der Waals surface area contributed by atoms with Crippen LogP contribution in [0.4, 0.5) is 13.2 Å². The zero-order valence-corrected chi connectivity index (χ0v) is 19.0. The van der Waals surface area contributed by atoms with E-state index in [-0.39, 0.29) is 11.3 Å². The van der Waals surface area contributed by atoms with E-state index in [2.05, 4.69) is 21.1 Å². The van der Waals surface area contributed by atoms with Gasteiger partial charge < -0.3 is 0 Å². The minimum atomic E-state index is -4.44. The van der Waals surface area contributed by atoms with Crippen molar-refractivity contribution in [2.24, 2.45) is 11.3 Å². The number of fused-ring (bicyclic) bond motifs is 1. The van der Waals surface area contributed by atoms with E-state index in [9.17, 15) is 21.6 Å². The van der Waals surface area contributed by atoms with Gasteiger partial charge in [0.2, 0.25) is 0 Å². The van der Waals surface area contributed by atoms with Gasteiger partial charge in [-0.25, -0.2) is 8.42 Å². The highest BCUT2D eigenvalue weighted by Gasteiger charge is 2.56. The summed E-state index contributed by atoms with van der Waals surface area (Å²) in [7, 11) is -2.82. The van der Waals surface area contributed by atoms with Crippen LogP contribution >= 0.6 is 0 Å². The second-order valence-corrected chi connectivity index (χ2v) is 12.1. The maximum absolute atomic E-state index is 13.1. The number of alkyl halides is 3. The van der Waals surface area contributed by atoms with Gasteiger partial charge in [0.1, 0.15) is 0 Å². The monoisotopic (exact) mass is 478 g/mol. The molecule has 2 aliphatic heterocycles. The van der Waals surface area contributed by atoms with Crippen molar-refractivity contribution in [1.29, 1.82) is 0 Å². The van der Waals surface area contributed by atoms with Crippen LogP contribution in [0.3, 0.4) is 0 Å². The topological polar surface area (TPSA) is 68.1 Å². The molecular formula is C23H25F3N4O2S. The lowest BCUT2D eigenvalue weighted by molar-refractivity contribution is -0.137. The Bertz CT molecular complexity index is 1250. The number of aryl methyl sites for hydroxylation is 1. The Hall–Kier alpha value is -2.20. The summed E-state index contributed by atoms with van der Waals surface area (Å²) in [5, 5.41) is 4.57. The Morgan fingerprint density at radius 3 is 2.64 bits per heavy atom. The molecule has 3 atom stereocenters. The molecule has 0 radical (unpaired) electrons. The molecule has 0 amide bonds. The van der Waals surface area contributed by atoms with Crippen LogP contribution in [0.25, 0.3) is 11.3 Å². The standard InChI is InChI=1S/C23H25F3N4O2S/c1-2-30-20(8-19(28-30)14-5-15(10-27-9-14)23(24,25)26)21-17-6-16(7-18(17)21)29-4-3-22(11-29)12-33(31,32)13-22/h5-6,8-10,16,18,21H,2-4,7,11-13H2,1H3/t16-,18-,21-/m1/s1. The normalized spacial score (nSPS) is 29.7. The van der Waals surface area contributed by atoms with Gasteiger partial charge in [-0.1, -0.05) is 11.6 Å². The number of aromatic nitrogens is 3. The van der Waals surface area contributed by atoms with Crippen LogP contribution in [0.15, 0.2) is 36.2 Å². The molecule has 0 aromatic carbocycles. The molecule has 10 heteroatoms. The third-order valence-corrected chi connectivity index (χ3v) is 9.84. The zero-order valence-electron chi connectivity index (χ0n) is 18.2. The van der Waals surface area contributed by atoms with Gasteiger partial charge in [0.15, 0.2) is 9.84 Å². The van der Waals surface area contributed by atoms with E-state index in [4.69, 9.17) is 0 Å². The van der Waals surface area contributed by atoms with Gasteiger partial charge in [-0.05, 0) is 44.4 Å². The van der Waals surface area contributed by atoms with Crippen LogP contribution in [-0.2, 0) is 22.6 Å². The fraction of sp³-hybridized carbons (Fsp3) is 0.565. The Morgan fingerprint density at radius 2 is 2.00 bits per heavy atom. The Balaban J connectivity index is 1.20. The quantitative estimate of drug-likeness (QED) is 0.629. The second-order valence-electron chi connectivity index (χ2n) is 10.0. The molecule has 0 bridgehead atoms. The van der Waals surface area contributed by atoms with Gasteiger partial charge in [-0.15, -0.1) is 0 Å². The number of halogens is 3. The van der Waals surface area contributed by atoms with Crippen LogP contribution in [-0.4, -0.2) is 58.7 Å². The smallest absolute Gasteiger partial charge is 0.296 e. The van der Waals surface area contributed by atoms with Crippen molar-refractivity contribution in [3.05, 3.63) is 47.4 Å². The van der Waals surface area contributed by atoms with E-state index in [1.54, 1.807) is 0 Å². The number of likely N-dealkylation sites (tertiary alicyclic amines) is 1. The predicted molar refractivity (Wildman–Crippen MR) is 116 cm³/mol. The first-order valence-electron chi connectivity index (χ1n) is 11.3. The number of nitrogens with zero attached hydrogens (tertiary/aromatic N) is 4. The largest absolute Gasteiger partial charge is 0.417 e. The molecule has 6 rings (SSSR count). The SMILES string of the molecule is CCn1nc(-c2cncc(C(F)(F)F)c2)cc1[C@@H]1C2=C[C@@H](N3CCC4(C3)CS(=O)(=O)C4)C[C@H]21. The van der Waals surface area contributed by atoms with E-state index < -0.39 is 21.6 Å². The summed E-state index contributed by atoms with van der Waals surface area (Å²) in [5.41, 5.74) is 2.50. The van der Waals surface area contributed by atoms with E-state index in [0.29, 0.717) is 41.3 Å². The summed E-state index contributed by atoms with van der Waals surface area (Å²) in [4.78, 5) is 6.20. The maximum atomic E-state index is 13.1. The summed E-state index contributed by atoms with van der Waals surface area (Å²) in [6, 6.07) is 3.37. The van der Waals surface area contributed by atoms with Gasteiger partial charge in [-0.3, -0.25) is 14.6 Å². The molecule has 4 heterocycles. The van der Waals surface area contributed by atoms with Crippen molar-refractivity contribution in [2.75, 3.05) is 24.6 Å². The Kier molecular flexibility index (Phi) is 4.47. The van der Waals surface area contributed by atoms with Gasteiger partial charge >= 0.3 is 6.18 Å². The number of pyridine rings is 1. The van der Waals surface area contributed by atoms with Crippen molar-refractivity contribution in [3.8, 4) is 11.3 Å². The lowest BCUT2D eigenvalue weighted by Crippen LogP contribution is -2.50. The van der Waals surface area contributed by atoms with Crippen molar-refractivity contribution in [3.63, 3.8) is 0 Å². The number of hydrogen-bond donors (Lipinski definition) is 0. The summed E-state index contributed by atoms with van der Waals surface area (Å²) in [6.45, 7) is 4.43. The number of allylic oxidation sites excluding steroid dienone is 1. The average molecular weight is 479 g/mol. The van der Waals surface area contributed by atoms with Gasteiger partial charge in [-0.2, -0.15) is 18.3 Å². The van der Waals surface area contributed by atoms with E-state index in [1.807, 2.05) is 17.7 Å². The highest BCUT2D eigenvalue weighted by Crippen LogP contribution is 2.61. The highest BCUT2D eigenvalue weighted by atomic mass is 32.2. The van der Waals surface area contributed by atoms with Crippen LogP contribution < -0.4 is 0 Å². The summed E-state index contributed by atoms with van der Waals surface area (Å²) in [5.74, 6) is 1.36. The highest BCUT2D eigenvalue weighted by molar-refractivity contribution is 7.92. The Labute approximate surface area is 190 Å². The summed E-state index contributed by atoms with van der Waals surface area (Å²) in [6.07, 6.45) is 2.12. The molecule has 33 heavy (non-hydrogen) atoms. The third-order valence-electron chi connectivity index (χ3n) is 7.74. The van der Waals surface area contributed by atoms with Crippen molar-refractivity contribution in [2.45, 2.75) is 44.4 Å². The molecule has 0 N–H and O–H groups in total. The molecule has 3 fully saturated rings. The number of hydrogen-bond acceptors (Lipinski definition) is 5. The van der Waals surface area contributed by atoms with E-state index in [1.165, 1.54) is 11.8 Å². The van der Waals surface area contributed by atoms with Crippen LogP contribution in [0.1, 0.15) is 36.9 Å². The van der Waals surface area contributed by atoms with Crippen molar-refractivity contribution >= 4 is 9.84 Å². The summed E-state index contributed by atoms with van der Waals surface area (Å²) >= 11 is 0. The van der Waals surface area contributed by atoms with E-state index >= 15 is 0 Å². The molecule has 176 valence electrons. The molecule has 2 aromatic heterocycles. The molecule has 6 nitrogen and oxygen atoms in total. The molecule has 2 aromatic rings. The molecule has 1 spiro atoms. The first kappa shape index (κ1) is 21.3. The van der Waals surface area contributed by atoms with Gasteiger partial charge in [0, 0.05) is 54.1 Å². The molecule has 0 unspecified atom stereocenters. The van der Waals surface area contributed by atoms with Crippen LogP contribution in [0.5, 0.6) is 0 Å². The number of sulfone groups is 1. The fourth-order valence-electron chi connectivity index (χ4n) is 6.21. The fourth-order valence-corrected chi connectivity index (χ4v) is 8.46. The third kappa shape index (κ3) is 3.53. The van der Waals surface area contributed by atoms with Crippen LogP contribution in [0, 0.1) is 11.3 Å². The van der Waals surface area contributed by atoms with Crippen LogP contribution in [0.2, 0.25) is 0 Å². The first-order valence-corrected chi connectivity index (χ1v) is 13.2. The second kappa shape index (κ2) is 6.91. The van der Waals surface area contributed by atoms with Crippen molar-refractivity contribution < 1.29 is 21.6 Å². The minimum absolute atomic E-state index is 0.0295. The molecule has 2 saturated heterocycles. The minimum Gasteiger partial charge on any atom is -0.296 e. The van der Waals surface area contributed by atoms with E-state index in [0.717, 1.165) is 43.9 Å². The predicted octanol–water partition coefficient (Wildman–Crippen LogP) is 3.52. The van der Waals surface area contributed by atoms with Gasteiger partial charge in [0.05, 0.1) is 22.8 Å². The van der Waals surface area contributed by atoms with Gasteiger partial charge in [0.25, 0.3) is 0 Å².